The van der Waals surface area contributed by atoms with Crippen LogP contribution in [0.15, 0.2) is 35.5 Å². The van der Waals surface area contributed by atoms with Crippen molar-refractivity contribution in [2.24, 2.45) is 0 Å². The van der Waals surface area contributed by atoms with Gasteiger partial charge in [0.2, 0.25) is 11.9 Å². The maximum absolute atomic E-state index is 5.78. The van der Waals surface area contributed by atoms with Crippen LogP contribution in [0, 0.1) is 6.92 Å². The largest absolute Gasteiger partial charge is 0.379 e. The summed E-state index contributed by atoms with van der Waals surface area (Å²) in [5.74, 6) is 1.92. The molecule has 40 heavy (non-hydrogen) atoms. The standard InChI is InChI=1S/C28H37N9O2S/c1-20-17-22(40-34(2)7-8-35-9-13-38-14-10-35)3-4-24(20)37-6-5-23-25(21-18-30-27(29)31-19-21)32-28(33-26(23)37)36-11-15-39-16-12-36/h3-4,17-19H,5-16H2,1-2H3,(H2,29,30,31). The quantitative estimate of drug-likeness (QED) is 0.407. The first-order chi connectivity index (χ1) is 19.5. The number of nitrogens with zero attached hydrogens (tertiary/aromatic N) is 8. The second-order valence-electron chi connectivity index (χ2n) is 10.4. The van der Waals surface area contributed by atoms with Gasteiger partial charge in [0.1, 0.15) is 5.82 Å². The third kappa shape index (κ3) is 6.01. The summed E-state index contributed by atoms with van der Waals surface area (Å²) >= 11 is 1.79. The molecule has 0 atom stereocenters. The van der Waals surface area contributed by atoms with Gasteiger partial charge in [0.05, 0.1) is 32.1 Å². The number of likely N-dealkylation sites (N-methyl/N-ethyl adjacent to an activating group) is 1. The molecule has 212 valence electrons. The second-order valence-corrected chi connectivity index (χ2v) is 11.6. The van der Waals surface area contributed by atoms with Crippen LogP contribution in [0.3, 0.4) is 0 Å². The minimum absolute atomic E-state index is 0.254. The Bertz CT molecular complexity index is 1310. The number of fused-ring (bicyclic) bond motifs is 1. The Balaban J connectivity index is 1.24. The van der Waals surface area contributed by atoms with Crippen LogP contribution in [0.5, 0.6) is 0 Å². The van der Waals surface area contributed by atoms with Gasteiger partial charge in [-0.3, -0.25) is 4.90 Å². The molecule has 2 aromatic heterocycles. The lowest BCUT2D eigenvalue weighted by atomic mass is 10.1. The highest BCUT2D eigenvalue weighted by atomic mass is 32.2. The fourth-order valence-corrected chi connectivity index (χ4v) is 6.29. The molecule has 0 radical (unpaired) electrons. The van der Waals surface area contributed by atoms with E-state index in [0.717, 1.165) is 88.1 Å². The smallest absolute Gasteiger partial charge is 0.228 e. The van der Waals surface area contributed by atoms with Gasteiger partial charge in [-0.2, -0.15) is 4.98 Å². The van der Waals surface area contributed by atoms with Crippen LogP contribution in [-0.2, 0) is 15.9 Å². The number of aromatic nitrogens is 4. The van der Waals surface area contributed by atoms with Crippen LogP contribution < -0.4 is 15.5 Å². The Hall–Kier alpha value is -3.03. The molecule has 5 heterocycles. The summed E-state index contributed by atoms with van der Waals surface area (Å²) in [4.78, 5) is 26.8. The third-order valence-corrected chi connectivity index (χ3v) is 8.57. The van der Waals surface area contributed by atoms with Gasteiger partial charge < -0.3 is 25.0 Å². The number of hydrogen-bond donors (Lipinski definition) is 1. The summed E-state index contributed by atoms with van der Waals surface area (Å²) in [5.41, 5.74) is 11.0. The van der Waals surface area contributed by atoms with E-state index in [1.165, 1.54) is 16.1 Å². The maximum atomic E-state index is 5.78. The fourth-order valence-electron chi connectivity index (χ4n) is 5.40. The number of rotatable bonds is 8. The first-order valence-electron chi connectivity index (χ1n) is 13.9. The van der Waals surface area contributed by atoms with Crippen molar-refractivity contribution in [3.05, 3.63) is 41.7 Å². The third-order valence-electron chi connectivity index (χ3n) is 7.61. The van der Waals surface area contributed by atoms with Gasteiger partial charge in [0, 0.05) is 79.9 Å². The van der Waals surface area contributed by atoms with Crippen molar-refractivity contribution in [2.75, 3.05) is 94.8 Å². The first-order valence-corrected chi connectivity index (χ1v) is 14.7. The average molecular weight is 564 g/mol. The average Bonchev–Trinajstić information content (AvgIpc) is 3.41. The lowest BCUT2D eigenvalue weighted by Gasteiger charge is -2.29. The zero-order valence-electron chi connectivity index (χ0n) is 23.3. The van der Waals surface area contributed by atoms with E-state index in [4.69, 9.17) is 25.2 Å². The zero-order valence-corrected chi connectivity index (χ0v) is 24.1. The first kappa shape index (κ1) is 27.2. The van der Waals surface area contributed by atoms with Crippen LogP contribution in [0.4, 0.5) is 23.4 Å². The molecule has 0 spiro atoms. The number of benzene rings is 1. The summed E-state index contributed by atoms with van der Waals surface area (Å²) in [6.45, 7) is 11.7. The van der Waals surface area contributed by atoms with Gasteiger partial charge in [-0.1, -0.05) is 0 Å². The maximum Gasteiger partial charge on any atom is 0.228 e. The topological polar surface area (TPSA) is 109 Å². The minimum Gasteiger partial charge on any atom is -0.379 e. The number of nitrogens with two attached hydrogens (primary N) is 1. The number of nitrogen functional groups attached to an aromatic ring is 1. The van der Waals surface area contributed by atoms with Crippen molar-refractivity contribution in [2.45, 2.75) is 18.2 Å². The summed E-state index contributed by atoms with van der Waals surface area (Å²) in [6, 6.07) is 6.72. The molecule has 0 aliphatic carbocycles. The van der Waals surface area contributed by atoms with E-state index in [2.05, 4.69) is 61.1 Å². The van der Waals surface area contributed by atoms with Gasteiger partial charge in [-0.15, -0.1) is 0 Å². The molecule has 3 aliphatic heterocycles. The number of hydrogen-bond acceptors (Lipinski definition) is 12. The highest BCUT2D eigenvalue weighted by Crippen LogP contribution is 2.41. The van der Waals surface area contributed by atoms with Crippen molar-refractivity contribution < 1.29 is 9.47 Å². The number of aryl methyl sites for hydroxylation is 1. The lowest BCUT2D eigenvalue weighted by Crippen LogP contribution is -2.39. The van der Waals surface area contributed by atoms with Crippen molar-refractivity contribution in [1.82, 2.24) is 29.1 Å². The normalized spacial score (nSPS) is 18.0. The molecule has 2 fully saturated rings. The zero-order chi connectivity index (χ0) is 27.5. The minimum atomic E-state index is 0.254. The predicted octanol–water partition coefficient (Wildman–Crippen LogP) is 2.63. The Kier molecular flexibility index (Phi) is 8.30. The monoisotopic (exact) mass is 563 g/mol. The number of ether oxygens (including phenoxy) is 2. The van der Waals surface area contributed by atoms with Gasteiger partial charge in [-0.25, -0.2) is 19.3 Å². The number of morpholine rings is 2. The van der Waals surface area contributed by atoms with Gasteiger partial charge in [-0.05, 0) is 56.1 Å². The predicted molar refractivity (Wildman–Crippen MR) is 158 cm³/mol. The molecule has 2 saturated heterocycles. The van der Waals surface area contributed by atoms with Crippen LogP contribution in [0.1, 0.15) is 11.1 Å². The number of anilines is 4. The van der Waals surface area contributed by atoms with Crippen molar-refractivity contribution in [3.8, 4) is 11.3 Å². The molecule has 6 rings (SSSR count). The Labute approximate surface area is 239 Å². The molecule has 1 aromatic carbocycles. The SMILES string of the molecule is Cc1cc(SN(C)CCN2CCOCC2)ccc1N1CCc2c(-c3cnc(N)nc3)nc(N3CCOCC3)nc21. The van der Waals surface area contributed by atoms with Crippen LogP contribution in [0.25, 0.3) is 11.3 Å². The van der Waals surface area contributed by atoms with E-state index < -0.39 is 0 Å². The van der Waals surface area contributed by atoms with E-state index in [9.17, 15) is 0 Å². The molecule has 0 amide bonds. The molecule has 0 saturated carbocycles. The molecule has 0 bridgehead atoms. The van der Waals surface area contributed by atoms with Crippen LogP contribution in [-0.4, -0.2) is 108 Å². The van der Waals surface area contributed by atoms with Gasteiger partial charge in [0.15, 0.2) is 0 Å². The Morgan fingerprint density at radius 1 is 0.975 bits per heavy atom. The lowest BCUT2D eigenvalue weighted by molar-refractivity contribution is 0.0370. The molecule has 11 nitrogen and oxygen atoms in total. The van der Waals surface area contributed by atoms with Crippen molar-refractivity contribution >= 4 is 35.3 Å². The molecule has 0 unspecified atom stereocenters. The molecular formula is C28H37N9O2S. The van der Waals surface area contributed by atoms with Gasteiger partial charge >= 0.3 is 0 Å². The molecule has 12 heteroatoms. The molecule has 3 aliphatic rings. The van der Waals surface area contributed by atoms with Crippen LogP contribution >= 0.6 is 11.9 Å². The van der Waals surface area contributed by atoms with E-state index in [1.54, 1.807) is 24.3 Å². The van der Waals surface area contributed by atoms with E-state index in [-0.39, 0.29) is 5.95 Å². The Morgan fingerprint density at radius 3 is 2.42 bits per heavy atom. The molecular weight excluding hydrogens is 526 g/mol. The van der Waals surface area contributed by atoms with E-state index >= 15 is 0 Å². The van der Waals surface area contributed by atoms with Crippen molar-refractivity contribution in [1.29, 1.82) is 0 Å². The molecule has 2 N–H and O–H groups in total. The highest BCUT2D eigenvalue weighted by Gasteiger charge is 2.30. The summed E-state index contributed by atoms with van der Waals surface area (Å²) in [5, 5.41) is 0. The highest BCUT2D eigenvalue weighted by molar-refractivity contribution is 7.97. The second kappa shape index (κ2) is 12.2. The van der Waals surface area contributed by atoms with Gasteiger partial charge in [0.25, 0.3) is 0 Å². The Morgan fingerprint density at radius 2 is 1.70 bits per heavy atom. The fraction of sp³-hybridized carbons (Fsp3) is 0.500. The van der Waals surface area contributed by atoms with E-state index in [0.29, 0.717) is 19.2 Å². The summed E-state index contributed by atoms with van der Waals surface area (Å²) < 4.78 is 13.4. The van der Waals surface area contributed by atoms with E-state index in [1.807, 2.05) is 0 Å². The summed E-state index contributed by atoms with van der Waals surface area (Å²) in [6.07, 6.45) is 4.35. The van der Waals surface area contributed by atoms with Crippen LogP contribution in [0.2, 0.25) is 0 Å². The summed E-state index contributed by atoms with van der Waals surface area (Å²) in [7, 11) is 2.16. The van der Waals surface area contributed by atoms with Crippen molar-refractivity contribution in [3.63, 3.8) is 0 Å². The molecule has 3 aromatic rings.